The zero-order chi connectivity index (χ0) is 12.6. The number of nitrogens with zero attached hydrogens (tertiary/aromatic N) is 3. The molecule has 0 aromatic carbocycles. The summed E-state index contributed by atoms with van der Waals surface area (Å²) in [5, 5.41) is 5.09. The van der Waals surface area contributed by atoms with Crippen molar-refractivity contribution in [3.63, 3.8) is 0 Å². The minimum atomic E-state index is 0.287. The number of rotatable bonds is 2. The fourth-order valence-corrected chi connectivity index (χ4v) is 2.72. The van der Waals surface area contributed by atoms with E-state index in [2.05, 4.69) is 23.8 Å². The van der Waals surface area contributed by atoms with Crippen molar-refractivity contribution >= 4 is 11.6 Å². The number of aryl methyl sites for hydroxylation is 2. The largest absolute Gasteiger partial charge is 0.373 e. The van der Waals surface area contributed by atoms with Crippen LogP contribution in [0, 0.1) is 6.92 Å². The van der Waals surface area contributed by atoms with E-state index in [1.54, 1.807) is 4.68 Å². The lowest BCUT2D eigenvalue weighted by atomic mass is 10.2. The second-order valence-corrected chi connectivity index (χ2v) is 5.29. The number of hydrogen-bond donors (Lipinski definition) is 0. The van der Waals surface area contributed by atoms with Crippen LogP contribution < -0.4 is 0 Å². The average Bonchev–Trinajstić information content (AvgIpc) is 2.44. The molecule has 0 bridgehead atoms. The van der Waals surface area contributed by atoms with Crippen molar-refractivity contribution in [3.8, 4) is 0 Å². The summed E-state index contributed by atoms with van der Waals surface area (Å²) >= 11 is 6.25. The van der Waals surface area contributed by atoms with E-state index in [1.165, 1.54) is 0 Å². The van der Waals surface area contributed by atoms with Crippen LogP contribution in [0.5, 0.6) is 0 Å². The third-order valence-electron chi connectivity index (χ3n) is 3.15. The number of morpholine rings is 1. The van der Waals surface area contributed by atoms with Crippen molar-refractivity contribution in [2.45, 2.75) is 39.5 Å². The molecule has 5 heteroatoms. The summed E-state index contributed by atoms with van der Waals surface area (Å²) in [5.74, 6) is 0. The van der Waals surface area contributed by atoms with Gasteiger partial charge in [-0.3, -0.25) is 9.58 Å². The van der Waals surface area contributed by atoms with Crippen LogP contribution in [0.3, 0.4) is 0 Å². The van der Waals surface area contributed by atoms with Crippen LogP contribution in [0.15, 0.2) is 0 Å². The smallest absolute Gasteiger partial charge is 0.131 e. The van der Waals surface area contributed by atoms with Gasteiger partial charge in [-0.05, 0) is 20.8 Å². The topological polar surface area (TPSA) is 30.3 Å². The van der Waals surface area contributed by atoms with Crippen LogP contribution >= 0.6 is 11.6 Å². The highest BCUT2D eigenvalue weighted by atomic mass is 35.5. The molecule has 1 aliphatic heterocycles. The molecule has 0 saturated carbocycles. The summed E-state index contributed by atoms with van der Waals surface area (Å²) in [6, 6.07) is 0. The van der Waals surface area contributed by atoms with Crippen LogP contribution in [-0.2, 0) is 18.3 Å². The van der Waals surface area contributed by atoms with Crippen molar-refractivity contribution in [2.24, 2.45) is 7.05 Å². The molecule has 2 heterocycles. The minimum Gasteiger partial charge on any atom is -0.373 e. The van der Waals surface area contributed by atoms with Crippen molar-refractivity contribution in [3.05, 3.63) is 16.4 Å². The molecule has 2 rings (SSSR count). The third kappa shape index (κ3) is 2.81. The van der Waals surface area contributed by atoms with E-state index < -0.39 is 0 Å². The van der Waals surface area contributed by atoms with Crippen molar-refractivity contribution in [2.75, 3.05) is 13.1 Å². The van der Waals surface area contributed by atoms with Crippen LogP contribution in [-0.4, -0.2) is 40.0 Å². The molecule has 1 aromatic heterocycles. The molecule has 4 nitrogen and oxygen atoms in total. The van der Waals surface area contributed by atoms with E-state index in [1.807, 2.05) is 14.0 Å². The van der Waals surface area contributed by atoms with Crippen LogP contribution in [0.1, 0.15) is 25.1 Å². The van der Waals surface area contributed by atoms with E-state index in [0.717, 1.165) is 36.0 Å². The van der Waals surface area contributed by atoms with Crippen molar-refractivity contribution in [1.29, 1.82) is 0 Å². The standard InChI is InChI=1S/C12H20ClN3O/c1-8-5-16(6-9(2)17-8)7-11-10(3)14-15(4)12(11)13/h8-9H,5-7H2,1-4H3. The molecule has 17 heavy (non-hydrogen) atoms. The Labute approximate surface area is 107 Å². The molecule has 0 aliphatic carbocycles. The average molecular weight is 258 g/mol. The highest BCUT2D eigenvalue weighted by Gasteiger charge is 2.24. The van der Waals surface area contributed by atoms with Crippen LogP contribution in [0.25, 0.3) is 0 Å². The van der Waals surface area contributed by atoms with E-state index in [9.17, 15) is 0 Å². The Kier molecular flexibility index (Phi) is 3.76. The van der Waals surface area contributed by atoms with Gasteiger partial charge in [-0.1, -0.05) is 11.6 Å². The van der Waals surface area contributed by atoms with Gasteiger partial charge in [0.25, 0.3) is 0 Å². The molecule has 96 valence electrons. The molecule has 0 spiro atoms. The predicted molar refractivity (Wildman–Crippen MR) is 68.2 cm³/mol. The maximum atomic E-state index is 6.25. The molecule has 0 amide bonds. The van der Waals surface area contributed by atoms with Crippen LogP contribution in [0.2, 0.25) is 5.15 Å². The fourth-order valence-electron chi connectivity index (χ4n) is 2.49. The fraction of sp³-hybridized carbons (Fsp3) is 0.750. The molecular weight excluding hydrogens is 238 g/mol. The number of ether oxygens (including phenoxy) is 1. The molecule has 1 fully saturated rings. The Morgan fingerprint density at radius 1 is 1.35 bits per heavy atom. The summed E-state index contributed by atoms with van der Waals surface area (Å²) in [6.45, 7) is 9.00. The molecule has 1 saturated heterocycles. The van der Waals surface area contributed by atoms with Gasteiger partial charge in [-0.25, -0.2) is 0 Å². The maximum absolute atomic E-state index is 6.25. The van der Waals surface area contributed by atoms with Gasteiger partial charge >= 0.3 is 0 Å². The van der Waals surface area contributed by atoms with E-state index in [0.29, 0.717) is 0 Å². The second-order valence-electron chi connectivity index (χ2n) is 4.93. The molecule has 2 unspecified atom stereocenters. The van der Waals surface area contributed by atoms with Gasteiger partial charge in [0.2, 0.25) is 0 Å². The first-order chi connectivity index (χ1) is 7.97. The summed E-state index contributed by atoms with van der Waals surface area (Å²) in [4.78, 5) is 2.38. The van der Waals surface area contributed by atoms with E-state index in [-0.39, 0.29) is 12.2 Å². The monoisotopic (exact) mass is 257 g/mol. The van der Waals surface area contributed by atoms with Crippen LogP contribution in [0.4, 0.5) is 0 Å². The number of halogens is 1. The zero-order valence-electron chi connectivity index (χ0n) is 10.9. The first-order valence-electron chi connectivity index (χ1n) is 6.03. The summed E-state index contributed by atoms with van der Waals surface area (Å²) in [7, 11) is 1.88. The van der Waals surface area contributed by atoms with Crippen molar-refractivity contribution in [1.82, 2.24) is 14.7 Å². The Balaban J connectivity index is 2.10. The molecule has 1 aliphatic rings. The van der Waals surface area contributed by atoms with Gasteiger partial charge in [0.05, 0.1) is 17.9 Å². The Bertz CT molecular complexity index is 395. The predicted octanol–water partition coefficient (Wildman–Crippen LogP) is 1.99. The van der Waals surface area contributed by atoms with Gasteiger partial charge in [-0.15, -0.1) is 0 Å². The molecule has 1 aromatic rings. The Hall–Kier alpha value is -0.580. The third-order valence-corrected chi connectivity index (χ3v) is 3.62. The first-order valence-corrected chi connectivity index (χ1v) is 6.41. The highest BCUT2D eigenvalue weighted by Crippen LogP contribution is 2.22. The van der Waals surface area contributed by atoms with Gasteiger partial charge < -0.3 is 4.74 Å². The number of hydrogen-bond acceptors (Lipinski definition) is 3. The quantitative estimate of drug-likeness (QED) is 0.812. The van der Waals surface area contributed by atoms with E-state index in [4.69, 9.17) is 16.3 Å². The van der Waals surface area contributed by atoms with Gasteiger partial charge in [0, 0.05) is 32.2 Å². The summed E-state index contributed by atoms with van der Waals surface area (Å²) in [5.41, 5.74) is 2.15. The lowest BCUT2D eigenvalue weighted by Gasteiger charge is -2.35. The lowest BCUT2D eigenvalue weighted by molar-refractivity contribution is -0.0705. The molecule has 2 atom stereocenters. The zero-order valence-corrected chi connectivity index (χ0v) is 11.7. The van der Waals surface area contributed by atoms with Crippen molar-refractivity contribution < 1.29 is 4.74 Å². The summed E-state index contributed by atoms with van der Waals surface area (Å²) in [6.07, 6.45) is 0.573. The van der Waals surface area contributed by atoms with Gasteiger partial charge in [0.1, 0.15) is 5.15 Å². The maximum Gasteiger partial charge on any atom is 0.131 e. The molecule has 0 N–H and O–H groups in total. The molecule has 0 radical (unpaired) electrons. The first kappa shape index (κ1) is 12.9. The minimum absolute atomic E-state index is 0.287. The summed E-state index contributed by atoms with van der Waals surface area (Å²) < 4.78 is 7.46. The highest BCUT2D eigenvalue weighted by molar-refractivity contribution is 6.30. The normalized spacial score (nSPS) is 26.4. The Morgan fingerprint density at radius 2 is 1.94 bits per heavy atom. The SMILES string of the molecule is Cc1nn(C)c(Cl)c1CN1CC(C)OC(C)C1. The Morgan fingerprint density at radius 3 is 2.41 bits per heavy atom. The van der Waals surface area contributed by atoms with Gasteiger partial charge in [0.15, 0.2) is 0 Å². The van der Waals surface area contributed by atoms with Gasteiger partial charge in [-0.2, -0.15) is 5.10 Å². The van der Waals surface area contributed by atoms with E-state index >= 15 is 0 Å². The second kappa shape index (κ2) is 4.96. The lowest BCUT2D eigenvalue weighted by Crippen LogP contribution is -2.44. The molecular formula is C12H20ClN3O. The number of aromatic nitrogens is 2.